The number of nitrogens with one attached hydrogen (secondary N) is 1. The first-order chi connectivity index (χ1) is 13.9. The lowest BCUT2D eigenvalue weighted by Gasteiger charge is -2.32. The molecule has 1 aromatic carbocycles. The molecule has 0 radical (unpaired) electrons. The Kier molecular flexibility index (Phi) is 6.90. The van der Waals surface area contributed by atoms with Crippen molar-refractivity contribution in [2.45, 2.75) is 45.6 Å². The lowest BCUT2D eigenvalue weighted by atomic mass is 9.93. The van der Waals surface area contributed by atoms with Crippen LogP contribution in [0.25, 0.3) is 0 Å². The Hall–Kier alpha value is -2.84. The molecule has 1 saturated heterocycles. The maximum atomic E-state index is 13.2. The summed E-state index contributed by atoms with van der Waals surface area (Å²) in [5.41, 5.74) is 1.67. The quantitative estimate of drug-likeness (QED) is 0.763. The van der Waals surface area contributed by atoms with E-state index < -0.39 is 11.6 Å². The SMILES string of the molecule is Cc1nonc1CC(=O)N1CCC[C@H](CCC(=O)NCc2ccc(F)c(F)c2)C1. The molecule has 3 rings (SSSR count). The molecule has 1 aliphatic heterocycles. The lowest BCUT2D eigenvalue weighted by molar-refractivity contribution is -0.132. The van der Waals surface area contributed by atoms with E-state index in [0.717, 1.165) is 25.0 Å². The van der Waals surface area contributed by atoms with E-state index in [-0.39, 0.29) is 30.7 Å². The molecule has 2 heterocycles. The summed E-state index contributed by atoms with van der Waals surface area (Å²) in [4.78, 5) is 26.4. The number of likely N-dealkylation sites (tertiary alicyclic amines) is 1. The number of nitrogens with zero attached hydrogens (tertiary/aromatic N) is 3. The highest BCUT2D eigenvalue weighted by molar-refractivity contribution is 5.78. The van der Waals surface area contributed by atoms with E-state index in [9.17, 15) is 18.4 Å². The fourth-order valence-corrected chi connectivity index (χ4v) is 3.47. The third-order valence-electron chi connectivity index (χ3n) is 5.19. The average Bonchev–Trinajstić information content (AvgIpc) is 3.12. The first-order valence-electron chi connectivity index (χ1n) is 9.69. The van der Waals surface area contributed by atoms with Crippen molar-refractivity contribution in [1.29, 1.82) is 0 Å². The predicted molar refractivity (Wildman–Crippen MR) is 99.5 cm³/mol. The van der Waals surface area contributed by atoms with E-state index >= 15 is 0 Å². The van der Waals surface area contributed by atoms with Gasteiger partial charge in [-0.25, -0.2) is 13.4 Å². The Morgan fingerprint density at radius 3 is 2.83 bits per heavy atom. The number of amides is 2. The van der Waals surface area contributed by atoms with Crippen molar-refractivity contribution in [3.05, 3.63) is 46.8 Å². The Morgan fingerprint density at radius 1 is 1.28 bits per heavy atom. The third-order valence-corrected chi connectivity index (χ3v) is 5.19. The van der Waals surface area contributed by atoms with Gasteiger partial charge in [-0.05, 0) is 49.8 Å². The Labute approximate surface area is 167 Å². The Bertz CT molecular complexity index is 871. The largest absolute Gasteiger partial charge is 0.352 e. The van der Waals surface area contributed by atoms with Gasteiger partial charge in [0.1, 0.15) is 11.4 Å². The number of aromatic nitrogens is 2. The Balaban J connectivity index is 1.41. The smallest absolute Gasteiger partial charge is 0.228 e. The van der Waals surface area contributed by atoms with Gasteiger partial charge in [-0.1, -0.05) is 16.4 Å². The number of piperidine rings is 1. The molecule has 0 spiro atoms. The molecular weight excluding hydrogens is 382 g/mol. The number of carbonyl (C=O) groups excluding carboxylic acids is 2. The van der Waals surface area contributed by atoms with Crippen molar-refractivity contribution in [3.63, 3.8) is 0 Å². The van der Waals surface area contributed by atoms with Crippen LogP contribution in [0.1, 0.15) is 42.6 Å². The molecule has 7 nitrogen and oxygen atoms in total. The van der Waals surface area contributed by atoms with E-state index in [1.165, 1.54) is 6.07 Å². The maximum Gasteiger partial charge on any atom is 0.228 e. The van der Waals surface area contributed by atoms with Crippen LogP contribution >= 0.6 is 0 Å². The number of rotatable bonds is 7. The standard InChI is InChI=1S/C20H24F2N4O3/c1-13-18(25-29-24-13)10-20(28)26-8-2-3-14(12-26)5-7-19(27)23-11-15-4-6-16(21)17(22)9-15/h4,6,9,14H,2-3,5,7-8,10-12H2,1H3,(H,23,27)/t14-/m1/s1. The molecule has 2 aromatic rings. The molecule has 9 heteroatoms. The second-order valence-electron chi connectivity index (χ2n) is 7.38. The van der Waals surface area contributed by atoms with Gasteiger partial charge in [0.25, 0.3) is 0 Å². The summed E-state index contributed by atoms with van der Waals surface area (Å²) in [6.45, 7) is 3.20. The second-order valence-corrected chi connectivity index (χ2v) is 7.38. The highest BCUT2D eigenvalue weighted by Crippen LogP contribution is 2.22. The minimum Gasteiger partial charge on any atom is -0.352 e. The normalized spacial score (nSPS) is 16.7. The molecule has 1 N–H and O–H groups in total. The highest BCUT2D eigenvalue weighted by atomic mass is 19.2. The topological polar surface area (TPSA) is 88.3 Å². The zero-order valence-electron chi connectivity index (χ0n) is 16.3. The first-order valence-corrected chi connectivity index (χ1v) is 9.69. The van der Waals surface area contributed by atoms with Crippen LogP contribution in [0.15, 0.2) is 22.8 Å². The molecule has 0 aliphatic carbocycles. The number of hydrogen-bond donors (Lipinski definition) is 1. The summed E-state index contributed by atoms with van der Waals surface area (Å²) in [5.74, 6) is -1.76. The molecule has 0 saturated carbocycles. The van der Waals surface area contributed by atoms with E-state index in [0.29, 0.717) is 42.9 Å². The number of halogens is 2. The van der Waals surface area contributed by atoms with Gasteiger partial charge in [-0.15, -0.1) is 0 Å². The predicted octanol–water partition coefficient (Wildman–Crippen LogP) is 2.53. The van der Waals surface area contributed by atoms with Crippen LogP contribution in [0.5, 0.6) is 0 Å². The average molecular weight is 406 g/mol. The molecule has 0 unspecified atom stereocenters. The van der Waals surface area contributed by atoms with Crippen LogP contribution in [-0.4, -0.2) is 40.1 Å². The van der Waals surface area contributed by atoms with Crippen molar-refractivity contribution in [1.82, 2.24) is 20.5 Å². The van der Waals surface area contributed by atoms with Crippen LogP contribution in [0.3, 0.4) is 0 Å². The van der Waals surface area contributed by atoms with Gasteiger partial charge >= 0.3 is 0 Å². The number of benzene rings is 1. The van der Waals surface area contributed by atoms with Crippen LogP contribution in [-0.2, 0) is 22.6 Å². The summed E-state index contributed by atoms with van der Waals surface area (Å²) >= 11 is 0. The number of hydrogen-bond acceptors (Lipinski definition) is 5. The minimum atomic E-state index is -0.930. The van der Waals surface area contributed by atoms with Crippen molar-refractivity contribution < 1.29 is 23.0 Å². The Morgan fingerprint density at radius 2 is 2.10 bits per heavy atom. The van der Waals surface area contributed by atoms with Gasteiger partial charge in [0.05, 0.1) is 6.42 Å². The minimum absolute atomic E-state index is 0.0173. The van der Waals surface area contributed by atoms with Gasteiger partial charge in [0, 0.05) is 26.1 Å². The van der Waals surface area contributed by atoms with E-state index in [1.54, 1.807) is 6.92 Å². The molecule has 29 heavy (non-hydrogen) atoms. The molecule has 1 aromatic heterocycles. The van der Waals surface area contributed by atoms with Crippen LogP contribution in [0.4, 0.5) is 8.78 Å². The fraction of sp³-hybridized carbons (Fsp3) is 0.500. The number of carbonyl (C=O) groups is 2. The van der Waals surface area contributed by atoms with Crippen molar-refractivity contribution in [3.8, 4) is 0 Å². The van der Waals surface area contributed by atoms with Crippen molar-refractivity contribution in [2.24, 2.45) is 5.92 Å². The summed E-state index contributed by atoms with van der Waals surface area (Å²) < 4.78 is 30.8. The van der Waals surface area contributed by atoms with Gasteiger partial charge in [0.2, 0.25) is 11.8 Å². The van der Waals surface area contributed by atoms with Crippen LogP contribution < -0.4 is 5.32 Å². The van der Waals surface area contributed by atoms with Gasteiger partial charge in [-0.2, -0.15) is 0 Å². The van der Waals surface area contributed by atoms with E-state index in [1.807, 2.05) is 4.90 Å². The van der Waals surface area contributed by atoms with Gasteiger partial charge in [0.15, 0.2) is 11.6 Å². The molecule has 1 fully saturated rings. The zero-order valence-corrected chi connectivity index (χ0v) is 16.3. The van der Waals surface area contributed by atoms with E-state index in [4.69, 9.17) is 0 Å². The molecule has 156 valence electrons. The molecular formula is C20H24F2N4O3. The summed E-state index contributed by atoms with van der Waals surface area (Å²) in [6, 6.07) is 3.56. The van der Waals surface area contributed by atoms with Crippen molar-refractivity contribution in [2.75, 3.05) is 13.1 Å². The van der Waals surface area contributed by atoms with Crippen LogP contribution in [0.2, 0.25) is 0 Å². The second kappa shape index (κ2) is 9.58. The maximum absolute atomic E-state index is 13.2. The highest BCUT2D eigenvalue weighted by Gasteiger charge is 2.25. The fourth-order valence-electron chi connectivity index (χ4n) is 3.47. The summed E-state index contributed by atoms with van der Waals surface area (Å²) in [6.07, 6.45) is 3.01. The molecule has 0 bridgehead atoms. The number of aryl methyl sites for hydroxylation is 1. The first kappa shape index (κ1) is 20.9. The molecule has 2 amide bonds. The molecule has 1 atom stereocenters. The monoisotopic (exact) mass is 406 g/mol. The zero-order chi connectivity index (χ0) is 20.8. The third kappa shape index (κ3) is 5.82. The van der Waals surface area contributed by atoms with E-state index in [2.05, 4.69) is 20.3 Å². The van der Waals surface area contributed by atoms with Gasteiger partial charge < -0.3 is 10.2 Å². The van der Waals surface area contributed by atoms with Gasteiger partial charge in [-0.3, -0.25) is 9.59 Å². The summed E-state index contributed by atoms with van der Waals surface area (Å²) in [5, 5.41) is 10.2. The summed E-state index contributed by atoms with van der Waals surface area (Å²) in [7, 11) is 0. The van der Waals surface area contributed by atoms with Crippen LogP contribution in [0, 0.1) is 24.5 Å². The lowest BCUT2D eigenvalue weighted by Crippen LogP contribution is -2.41. The molecule has 1 aliphatic rings. The van der Waals surface area contributed by atoms with Crippen molar-refractivity contribution >= 4 is 11.8 Å².